The lowest BCUT2D eigenvalue weighted by Gasteiger charge is -2.14. The van der Waals surface area contributed by atoms with Crippen LogP contribution >= 0.6 is 0 Å². The summed E-state index contributed by atoms with van der Waals surface area (Å²) in [6.45, 7) is 1.55. The molecule has 27 heavy (non-hydrogen) atoms. The van der Waals surface area contributed by atoms with Crippen LogP contribution in [-0.2, 0) is 14.6 Å². The molecule has 0 saturated carbocycles. The summed E-state index contributed by atoms with van der Waals surface area (Å²) in [4.78, 5) is 14.7. The number of pyridine rings is 1. The Hall–Kier alpha value is -2.69. The first kappa shape index (κ1) is 20.6. The molecule has 1 aromatic carbocycles. The average Bonchev–Trinajstić information content (AvgIpc) is 2.55. The Balaban J connectivity index is 2.07. The molecule has 6 nitrogen and oxygen atoms in total. The number of carbonyl (C=O) groups excluding carboxylic acids is 1. The summed E-state index contributed by atoms with van der Waals surface area (Å²) in [7, 11) is -5.75. The number of anilines is 2. The Kier molecular flexibility index (Phi) is 6.04. The highest BCUT2D eigenvalue weighted by Crippen LogP contribution is 2.34. The maximum absolute atomic E-state index is 13.3. The van der Waals surface area contributed by atoms with Crippen molar-refractivity contribution < 1.29 is 30.8 Å². The predicted molar refractivity (Wildman–Crippen MR) is 90.4 cm³/mol. The van der Waals surface area contributed by atoms with Crippen LogP contribution in [0.5, 0.6) is 0 Å². The summed E-state index contributed by atoms with van der Waals surface area (Å²) in [5, 5.41) is 4.92. The first-order valence-electron chi connectivity index (χ1n) is 7.59. The standard InChI is InChI=1S/C16H15F4N3O3S/c1-10-3-2-4-14(22-10)23-15(24)7-8-21-12-6-5-11(17)9-13(12)27(25,26)16(18,19)20/h2-6,9,21H,7-8H2,1H3,(H,22,23,24). The zero-order chi connectivity index (χ0) is 20.2. The number of hydrogen-bond acceptors (Lipinski definition) is 5. The van der Waals surface area contributed by atoms with E-state index in [4.69, 9.17) is 0 Å². The van der Waals surface area contributed by atoms with Gasteiger partial charge in [0.25, 0.3) is 9.84 Å². The van der Waals surface area contributed by atoms with Gasteiger partial charge in [-0.3, -0.25) is 4.79 Å². The van der Waals surface area contributed by atoms with Crippen molar-refractivity contribution in [2.24, 2.45) is 0 Å². The fraction of sp³-hybridized carbons (Fsp3) is 0.250. The number of amides is 1. The SMILES string of the molecule is Cc1cccc(NC(=O)CCNc2ccc(F)cc2S(=O)(=O)C(F)(F)F)n1. The molecule has 0 unspecified atom stereocenters. The Morgan fingerprint density at radius 2 is 1.89 bits per heavy atom. The molecule has 0 aliphatic rings. The molecule has 2 rings (SSSR count). The Labute approximate surface area is 152 Å². The van der Waals surface area contributed by atoms with Crippen LogP contribution in [0.2, 0.25) is 0 Å². The molecule has 0 radical (unpaired) electrons. The fourth-order valence-corrected chi connectivity index (χ4v) is 3.06. The van der Waals surface area contributed by atoms with E-state index in [1.165, 1.54) is 0 Å². The molecule has 1 aromatic heterocycles. The van der Waals surface area contributed by atoms with Crippen LogP contribution in [0.4, 0.5) is 29.1 Å². The Morgan fingerprint density at radius 3 is 2.52 bits per heavy atom. The third-order valence-corrected chi connectivity index (χ3v) is 4.89. The topological polar surface area (TPSA) is 88.2 Å². The van der Waals surface area contributed by atoms with Crippen molar-refractivity contribution in [3.63, 3.8) is 0 Å². The maximum atomic E-state index is 13.3. The first-order chi connectivity index (χ1) is 12.5. The van der Waals surface area contributed by atoms with Crippen LogP contribution in [0.25, 0.3) is 0 Å². The third kappa shape index (κ3) is 5.16. The number of rotatable bonds is 6. The van der Waals surface area contributed by atoms with Crippen molar-refractivity contribution in [1.82, 2.24) is 4.98 Å². The lowest BCUT2D eigenvalue weighted by atomic mass is 10.3. The highest BCUT2D eigenvalue weighted by Gasteiger charge is 2.48. The van der Waals surface area contributed by atoms with Crippen molar-refractivity contribution in [3.05, 3.63) is 47.9 Å². The molecule has 0 fully saturated rings. The van der Waals surface area contributed by atoms with Gasteiger partial charge in [-0.2, -0.15) is 13.2 Å². The minimum atomic E-state index is -5.75. The molecule has 0 aliphatic carbocycles. The van der Waals surface area contributed by atoms with Gasteiger partial charge < -0.3 is 10.6 Å². The van der Waals surface area contributed by atoms with Gasteiger partial charge in [0.1, 0.15) is 16.5 Å². The largest absolute Gasteiger partial charge is 0.501 e. The van der Waals surface area contributed by atoms with Crippen LogP contribution in [0.1, 0.15) is 12.1 Å². The quantitative estimate of drug-likeness (QED) is 0.721. The van der Waals surface area contributed by atoms with E-state index in [9.17, 15) is 30.8 Å². The van der Waals surface area contributed by atoms with E-state index in [0.717, 1.165) is 12.1 Å². The van der Waals surface area contributed by atoms with Crippen molar-refractivity contribution in [2.75, 3.05) is 17.2 Å². The van der Waals surface area contributed by atoms with Gasteiger partial charge in [0, 0.05) is 18.7 Å². The Bertz CT molecular complexity index is 946. The van der Waals surface area contributed by atoms with E-state index in [1.54, 1.807) is 25.1 Å². The number of hydrogen-bond donors (Lipinski definition) is 2. The van der Waals surface area contributed by atoms with Crippen molar-refractivity contribution in [3.8, 4) is 0 Å². The smallest absolute Gasteiger partial charge is 0.383 e. The summed E-state index contributed by atoms with van der Waals surface area (Å²) < 4.78 is 74.7. The number of halogens is 4. The zero-order valence-corrected chi connectivity index (χ0v) is 14.8. The van der Waals surface area contributed by atoms with Crippen LogP contribution in [0.3, 0.4) is 0 Å². The summed E-state index contributed by atoms with van der Waals surface area (Å²) >= 11 is 0. The Morgan fingerprint density at radius 1 is 1.19 bits per heavy atom. The number of carbonyl (C=O) groups is 1. The number of aryl methyl sites for hydroxylation is 1. The second-order valence-corrected chi connectivity index (χ2v) is 7.39. The van der Waals surface area contributed by atoms with Gasteiger partial charge in [-0.05, 0) is 37.3 Å². The van der Waals surface area contributed by atoms with Gasteiger partial charge in [0.2, 0.25) is 5.91 Å². The second-order valence-electron chi connectivity index (χ2n) is 5.48. The van der Waals surface area contributed by atoms with Crippen LogP contribution in [0.15, 0.2) is 41.3 Å². The number of aromatic nitrogens is 1. The fourth-order valence-electron chi connectivity index (χ4n) is 2.12. The molecule has 2 aromatic rings. The number of sulfone groups is 1. The van der Waals surface area contributed by atoms with Crippen LogP contribution in [0, 0.1) is 12.7 Å². The highest BCUT2D eigenvalue weighted by atomic mass is 32.2. The maximum Gasteiger partial charge on any atom is 0.501 e. The number of alkyl halides is 3. The molecular formula is C16H15F4N3O3S. The molecule has 1 amide bonds. The number of nitrogens with one attached hydrogen (secondary N) is 2. The molecule has 0 atom stereocenters. The molecule has 146 valence electrons. The summed E-state index contributed by atoms with van der Waals surface area (Å²) in [6.07, 6.45) is -0.182. The van der Waals surface area contributed by atoms with E-state index in [1.807, 2.05) is 0 Å². The molecule has 0 saturated heterocycles. The van der Waals surface area contributed by atoms with Crippen LogP contribution < -0.4 is 10.6 Å². The molecular weight excluding hydrogens is 390 g/mol. The van der Waals surface area contributed by atoms with E-state index < -0.39 is 37.7 Å². The van der Waals surface area contributed by atoms with E-state index in [-0.39, 0.29) is 19.0 Å². The van der Waals surface area contributed by atoms with Gasteiger partial charge >= 0.3 is 5.51 Å². The number of benzene rings is 1. The summed E-state index contributed by atoms with van der Waals surface area (Å²) in [5.74, 6) is -1.31. The van der Waals surface area contributed by atoms with Gasteiger partial charge in [0.15, 0.2) is 0 Å². The number of nitrogens with zero attached hydrogens (tertiary/aromatic N) is 1. The van der Waals surface area contributed by atoms with E-state index in [0.29, 0.717) is 11.5 Å². The lowest BCUT2D eigenvalue weighted by molar-refractivity contribution is -0.116. The van der Waals surface area contributed by atoms with E-state index in [2.05, 4.69) is 15.6 Å². The van der Waals surface area contributed by atoms with Crippen molar-refractivity contribution in [2.45, 2.75) is 23.7 Å². The van der Waals surface area contributed by atoms with Crippen molar-refractivity contribution in [1.29, 1.82) is 0 Å². The van der Waals surface area contributed by atoms with Gasteiger partial charge in [0.05, 0.1) is 5.69 Å². The lowest BCUT2D eigenvalue weighted by Crippen LogP contribution is -2.25. The van der Waals surface area contributed by atoms with Gasteiger partial charge in [-0.1, -0.05) is 6.07 Å². The van der Waals surface area contributed by atoms with Crippen LogP contribution in [-0.4, -0.2) is 31.4 Å². The van der Waals surface area contributed by atoms with Gasteiger partial charge in [-0.15, -0.1) is 0 Å². The molecule has 2 N–H and O–H groups in total. The molecule has 0 aliphatic heterocycles. The molecule has 1 heterocycles. The predicted octanol–water partition coefficient (Wildman–Crippen LogP) is 3.26. The zero-order valence-electron chi connectivity index (χ0n) is 14.0. The molecule has 0 bridgehead atoms. The normalized spacial score (nSPS) is 11.9. The van der Waals surface area contributed by atoms with Crippen molar-refractivity contribution >= 4 is 27.2 Å². The van der Waals surface area contributed by atoms with Gasteiger partial charge in [-0.25, -0.2) is 17.8 Å². The first-order valence-corrected chi connectivity index (χ1v) is 9.07. The average molecular weight is 405 g/mol. The monoisotopic (exact) mass is 405 g/mol. The molecule has 0 spiro atoms. The van der Waals surface area contributed by atoms with E-state index >= 15 is 0 Å². The third-order valence-electron chi connectivity index (χ3n) is 3.36. The minimum Gasteiger partial charge on any atom is -0.383 e. The minimum absolute atomic E-state index is 0.177. The summed E-state index contributed by atoms with van der Waals surface area (Å²) in [5.41, 5.74) is -5.35. The summed E-state index contributed by atoms with van der Waals surface area (Å²) in [6, 6.07) is 6.94. The second kappa shape index (κ2) is 7.91. The highest BCUT2D eigenvalue weighted by molar-refractivity contribution is 7.92. The molecule has 11 heteroatoms.